The van der Waals surface area contributed by atoms with Crippen LogP contribution in [0.4, 0.5) is 4.79 Å². The van der Waals surface area contributed by atoms with E-state index in [1.807, 2.05) is 12.1 Å². The average Bonchev–Trinajstić information content (AvgIpc) is 3.33. The summed E-state index contributed by atoms with van der Waals surface area (Å²) in [5, 5.41) is 13.3. The summed E-state index contributed by atoms with van der Waals surface area (Å²) in [5.74, 6) is -1.57. The Bertz CT molecular complexity index is 1100. The Morgan fingerprint density at radius 1 is 1.21 bits per heavy atom. The van der Waals surface area contributed by atoms with E-state index < -0.39 is 41.8 Å². The third-order valence-electron chi connectivity index (χ3n) is 5.60. The van der Waals surface area contributed by atoms with E-state index in [-0.39, 0.29) is 25.3 Å². The Morgan fingerprint density at radius 3 is 2.50 bits per heavy atom. The van der Waals surface area contributed by atoms with Crippen molar-refractivity contribution < 1.29 is 33.8 Å². The number of esters is 1. The van der Waals surface area contributed by atoms with E-state index in [1.165, 1.54) is 23.5 Å². The molecule has 1 aromatic heterocycles. The van der Waals surface area contributed by atoms with Crippen molar-refractivity contribution in [2.45, 2.75) is 64.3 Å². The molecule has 0 unspecified atom stereocenters. The van der Waals surface area contributed by atoms with Gasteiger partial charge in [-0.15, -0.1) is 0 Å². The van der Waals surface area contributed by atoms with Gasteiger partial charge in [0, 0.05) is 37.9 Å². The maximum atomic E-state index is 13.0. The van der Waals surface area contributed by atoms with E-state index in [1.54, 1.807) is 39.1 Å². The van der Waals surface area contributed by atoms with Crippen molar-refractivity contribution in [1.82, 2.24) is 14.8 Å². The Balaban J connectivity index is 1.89. The summed E-state index contributed by atoms with van der Waals surface area (Å²) >= 11 is 0. The van der Waals surface area contributed by atoms with Crippen LogP contribution in [0.15, 0.2) is 30.5 Å². The number of amides is 2. The standard InChI is InChI=1S/C24H31N3O7/c1-14(28)26-13-16(29)11-20(26)21(30)25-18(22(31)33-5)10-15-12-27(23(32)34-24(2,3)4)19-9-7-6-8-17(15)19/h6-9,12,16,18,20,29H,10-11,13H2,1-5H3,(H,25,30)/t16-,18+,20+/m1/s1. The van der Waals surface area contributed by atoms with Gasteiger partial charge in [-0.1, -0.05) is 18.2 Å². The minimum atomic E-state index is -1.07. The Morgan fingerprint density at radius 2 is 1.88 bits per heavy atom. The number of nitrogens with zero attached hydrogens (tertiary/aromatic N) is 2. The van der Waals surface area contributed by atoms with Gasteiger partial charge in [-0.25, -0.2) is 9.59 Å². The lowest BCUT2D eigenvalue weighted by atomic mass is 10.0. The first-order chi connectivity index (χ1) is 15.9. The van der Waals surface area contributed by atoms with Crippen LogP contribution in [0.5, 0.6) is 0 Å². The first-order valence-electron chi connectivity index (χ1n) is 11.1. The number of rotatable bonds is 5. The molecule has 0 spiro atoms. The van der Waals surface area contributed by atoms with Crippen LogP contribution in [-0.4, -0.2) is 75.9 Å². The van der Waals surface area contributed by atoms with Crippen molar-refractivity contribution in [2.75, 3.05) is 13.7 Å². The minimum Gasteiger partial charge on any atom is -0.467 e. The second-order valence-electron chi connectivity index (χ2n) is 9.39. The molecule has 2 aromatic rings. The molecule has 1 fully saturated rings. The number of aliphatic hydroxyl groups is 1. The quantitative estimate of drug-likeness (QED) is 0.632. The monoisotopic (exact) mass is 473 g/mol. The molecule has 1 aliphatic heterocycles. The van der Waals surface area contributed by atoms with Crippen LogP contribution >= 0.6 is 0 Å². The third kappa shape index (κ3) is 5.56. The molecule has 1 saturated heterocycles. The summed E-state index contributed by atoms with van der Waals surface area (Å²) in [6.07, 6.45) is 0.331. The molecule has 2 heterocycles. The molecule has 10 nitrogen and oxygen atoms in total. The second-order valence-corrected chi connectivity index (χ2v) is 9.39. The number of hydrogen-bond acceptors (Lipinski definition) is 7. The molecule has 34 heavy (non-hydrogen) atoms. The topological polar surface area (TPSA) is 127 Å². The fourth-order valence-corrected chi connectivity index (χ4v) is 4.11. The van der Waals surface area contributed by atoms with Crippen molar-refractivity contribution in [1.29, 1.82) is 0 Å². The van der Waals surface area contributed by atoms with Crippen LogP contribution in [0.1, 0.15) is 39.7 Å². The number of carbonyl (C=O) groups excluding carboxylic acids is 4. The van der Waals surface area contributed by atoms with E-state index >= 15 is 0 Å². The van der Waals surface area contributed by atoms with E-state index in [4.69, 9.17) is 9.47 Å². The van der Waals surface area contributed by atoms with Crippen LogP contribution in [0.2, 0.25) is 0 Å². The van der Waals surface area contributed by atoms with Crippen LogP contribution < -0.4 is 5.32 Å². The van der Waals surface area contributed by atoms with Crippen LogP contribution in [0.3, 0.4) is 0 Å². The number of aliphatic hydroxyl groups excluding tert-OH is 1. The Hall–Kier alpha value is -3.40. The number of para-hydroxylation sites is 1. The molecule has 10 heteroatoms. The summed E-state index contributed by atoms with van der Waals surface area (Å²) in [4.78, 5) is 51.4. The predicted octanol–water partition coefficient (Wildman–Crippen LogP) is 1.61. The molecule has 1 aromatic carbocycles. The number of carbonyl (C=O) groups is 4. The SMILES string of the molecule is COC(=O)[C@H](Cc1cn(C(=O)OC(C)(C)C)c2ccccc12)NC(=O)[C@@H]1C[C@@H](O)CN1C(C)=O. The summed E-state index contributed by atoms with van der Waals surface area (Å²) in [5.41, 5.74) is 0.537. The Labute approximate surface area is 197 Å². The van der Waals surface area contributed by atoms with Gasteiger partial charge >= 0.3 is 12.1 Å². The largest absolute Gasteiger partial charge is 0.467 e. The number of nitrogens with one attached hydrogen (secondary N) is 1. The van der Waals surface area contributed by atoms with Crippen LogP contribution in [0, 0.1) is 0 Å². The van der Waals surface area contributed by atoms with Crippen molar-refractivity contribution >= 4 is 34.8 Å². The lowest BCUT2D eigenvalue weighted by Gasteiger charge is -2.24. The van der Waals surface area contributed by atoms with E-state index in [0.717, 1.165) is 5.39 Å². The number of β-amino-alcohol motifs (C(OH)–C–C–N with tert-alkyl or cyclic N) is 1. The third-order valence-corrected chi connectivity index (χ3v) is 5.60. The molecule has 184 valence electrons. The van der Waals surface area contributed by atoms with Gasteiger partial charge in [0.15, 0.2) is 0 Å². The van der Waals surface area contributed by atoms with Gasteiger partial charge in [-0.2, -0.15) is 0 Å². The normalized spacial score (nSPS) is 19.1. The van der Waals surface area contributed by atoms with E-state index in [9.17, 15) is 24.3 Å². The maximum Gasteiger partial charge on any atom is 0.419 e. The molecular formula is C24H31N3O7. The zero-order valence-electron chi connectivity index (χ0n) is 20.0. The molecule has 3 atom stereocenters. The van der Waals surface area contributed by atoms with Crippen molar-refractivity contribution in [3.63, 3.8) is 0 Å². The molecule has 0 aliphatic carbocycles. The smallest absolute Gasteiger partial charge is 0.419 e. The maximum absolute atomic E-state index is 13.0. The van der Waals surface area contributed by atoms with Crippen molar-refractivity contribution in [2.24, 2.45) is 0 Å². The van der Waals surface area contributed by atoms with Gasteiger partial charge in [-0.05, 0) is 32.4 Å². The number of likely N-dealkylation sites (tertiary alicyclic amines) is 1. The number of methoxy groups -OCH3 is 1. The van der Waals surface area contributed by atoms with E-state index in [0.29, 0.717) is 11.1 Å². The number of ether oxygens (including phenoxy) is 2. The zero-order chi connectivity index (χ0) is 25.2. The van der Waals surface area contributed by atoms with Crippen LogP contribution in [0.25, 0.3) is 10.9 Å². The molecule has 0 radical (unpaired) electrons. The molecule has 0 saturated carbocycles. The number of benzene rings is 1. The molecule has 3 rings (SSSR count). The van der Waals surface area contributed by atoms with Gasteiger partial charge in [0.05, 0.1) is 18.7 Å². The molecular weight excluding hydrogens is 442 g/mol. The number of fused-ring (bicyclic) bond motifs is 1. The van der Waals surface area contributed by atoms with Crippen molar-refractivity contribution in [3.8, 4) is 0 Å². The minimum absolute atomic E-state index is 0.0457. The lowest BCUT2D eigenvalue weighted by Crippen LogP contribution is -2.51. The Kier molecular flexibility index (Phi) is 7.30. The number of aromatic nitrogens is 1. The van der Waals surface area contributed by atoms with Gasteiger partial charge in [-0.3, -0.25) is 14.2 Å². The van der Waals surface area contributed by atoms with Crippen molar-refractivity contribution in [3.05, 3.63) is 36.0 Å². The highest BCUT2D eigenvalue weighted by Crippen LogP contribution is 2.25. The summed E-state index contributed by atoms with van der Waals surface area (Å²) in [7, 11) is 1.21. The predicted molar refractivity (Wildman–Crippen MR) is 123 cm³/mol. The first-order valence-corrected chi connectivity index (χ1v) is 11.1. The summed E-state index contributed by atoms with van der Waals surface area (Å²) in [6.45, 7) is 6.68. The molecule has 1 aliphatic rings. The van der Waals surface area contributed by atoms with Gasteiger partial charge in [0.2, 0.25) is 11.8 Å². The molecule has 2 amide bonds. The highest BCUT2D eigenvalue weighted by Gasteiger charge is 2.39. The molecule has 0 bridgehead atoms. The fraction of sp³-hybridized carbons (Fsp3) is 0.500. The lowest BCUT2D eigenvalue weighted by molar-refractivity contribution is -0.146. The molecule has 2 N–H and O–H groups in total. The van der Waals surface area contributed by atoms with Crippen LogP contribution in [-0.2, 0) is 30.3 Å². The summed E-state index contributed by atoms with van der Waals surface area (Å²) in [6, 6.07) is 5.21. The summed E-state index contributed by atoms with van der Waals surface area (Å²) < 4.78 is 11.8. The second kappa shape index (κ2) is 9.84. The van der Waals surface area contributed by atoms with Gasteiger partial charge in [0.25, 0.3) is 0 Å². The van der Waals surface area contributed by atoms with Gasteiger partial charge in [0.1, 0.15) is 17.7 Å². The average molecular weight is 474 g/mol. The van der Waals surface area contributed by atoms with Gasteiger partial charge < -0.3 is 24.8 Å². The highest BCUT2D eigenvalue weighted by molar-refractivity contribution is 5.94. The number of hydrogen-bond donors (Lipinski definition) is 2. The fourth-order valence-electron chi connectivity index (χ4n) is 4.11. The highest BCUT2D eigenvalue weighted by atomic mass is 16.6. The van der Waals surface area contributed by atoms with E-state index in [2.05, 4.69) is 5.32 Å². The first kappa shape index (κ1) is 25.2. The zero-order valence-corrected chi connectivity index (χ0v) is 20.0.